The fraction of sp³-hybridized carbons (Fsp3) is 0.480. The Bertz CT molecular complexity index is 890. The highest BCUT2D eigenvalue weighted by atomic mass is 16.6. The van der Waals surface area contributed by atoms with Gasteiger partial charge in [-0.3, -0.25) is 4.79 Å². The highest BCUT2D eigenvalue weighted by Crippen LogP contribution is 2.31. The van der Waals surface area contributed by atoms with Gasteiger partial charge in [-0.05, 0) is 22.3 Å². The van der Waals surface area contributed by atoms with Gasteiger partial charge in [-0.15, -0.1) is 0 Å². The van der Waals surface area contributed by atoms with Gasteiger partial charge in [0.05, 0.1) is 50.8 Å². The zero-order valence-corrected chi connectivity index (χ0v) is 17.0. The number of epoxide rings is 4. The largest absolute Gasteiger partial charge is 0.373 e. The number of hydrogen-bond acceptors (Lipinski definition) is 5. The number of carbonyl (C=O) groups is 1. The van der Waals surface area contributed by atoms with Gasteiger partial charge in [0, 0.05) is 36.8 Å². The van der Waals surface area contributed by atoms with Crippen LogP contribution < -0.4 is 0 Å². The molecule has 30 heavy (non-hydrogen) atoms. The van der Waals surface area contributed by atoms with Gasteiger partial charge < -0.3 is 18.9 Å². The average Bonchev–Trinajstić information content (AvgIpc) is 3.57. The van der Waals surface area contributed by atoms with E-state index in [1.807, 2.05) is 24.3 Å². The maximum Gasteiger partial charge on any atom is 0.193 e. The van der Waals surface area contributed by atoms with E-state index >= 15 is 0 Å². The summed E-state index contributed by atoms with van der Waals surface area (Å²) in [5.41, 5.74) is 6.31. The maximum atomic E-state index is 13.9. The second kappa shape index (κ2) is 7.57. The Kier molecular flexibility index (Phi) is 4.72. The summed E-state index contributed by atoms with van der Waals surface area (Å²) in [5.74, 6) is 0.110. The van der Waals surface area contributed by atoms with Crippen LogP contribution in [0.5, 0.6) is 0 Å². The van der Waals surface area contributed by atoms with Crippen LogP contribution >= 0.6 is 0 Å². The first-order valence-corrected chi connectivity index (χ1v) is 11.0. The normalized spacial score (nSPS) is 28.3. The average molecular weight is 406 g/mol. The molecule has 0 aromatic heterocycles. The lowest BCUT2D eigenvalue weighted by atomic mass is 9.86. The van der Waals surface area contributed by atoms with Crippen LogP contribution in [0.2, 0.25) is 0 Å². The van der Waals surface area contributed by atoms with Gasteiger partial charge in [0.2, 0.25) is 0 Å². The van der Waals surface area contributed by atoms with Crippen LogP contribution in [0.1, 0.15) is 38.2 Å². The number of carbonyl (C=O) groups excluding carboxylic acids is 1. The monoisotopic (exact) mass is 406 g/mol. The summed E-state index contributed by atoms with van der Waals surface area (Å²) in [7, 11) is 0. The molecule has 0 bridgehead atoms. The van der Waals surface area contributed by atoms with Gasteiger partial charge in [-0.1, -0.05) is 36.4 Å². The molecule has 4 aliphatic rings. The quantitative estimate of drug-likeness (QED) is 0.448. The molecule has 4 unspecified atom stereocenters. The zero-order valence-electron chi connectivity index (χ0n) is 17.0. The van der Waals surface area contributed by atoms with Crippen LogP contribution in [-0.2, 0) is 44.6 Å². The Hall–Kier alpha value is -2.05. The first-order valence-electron chi connectivity index (χ1n) is 11.0. The van der Waals surface area contributed by atoms with Gasteiger partial charge in [-0.2, -0.15) is 0 Å². The molecule has 6 rings (SSSR count). The molecular weight excluding hydrogens is 380 g/mol. The van der Waals surface area contributed by atoms with Crippen LogP contribution in [0.3, 0.4) is 0 Å². The van der Waals surface area contributed by atoms with Gasteiger partial charge >= 0.3 is 0 Å². The van der Waals surface area contributed by atoms with Crippen molar-refractivity contribution in [2.24, 2.45) is 0 Å². The summed E-state index contributed by atoms with van der Waals surface area (Å²) in [6.07, 6.45) is 4.36. The fourth-order valence-corrected chi connectivity index (χ4v) is 4.39. The smallest absolute Gasteiger partial charge is 0.193 e. The molecule has 156 valence electrons. The Labute approximate surface area is 176 Å². The van der Waals surface area contributed by atoms with E-state index in [0.29, 0.717) is 12.2 Å². The summed E-state index contributed by atoms with van der Waals surface area (Å²) in [6.45, 7) is 3.19. The van der Waals surface area contributed by atoms with Crippen LogP contribution in [-0.4, -0.2) is 56.6 Å². The standard InChI is InChI=1S/C25H26O5/c26-25(21-5-1-3-15(7-17-11-27-17)23(21)9-19-13-29-19)22-6-2-4-16(8-18-12-28-18)24(22)10-20-14-30-20/h1-6,17-20H,7-14H2. The predicted molar refractivity (Wildman–Crippen MR) is 110 cm³/mol. The molecule has 5 heteroatoms. The summed E-state index contributed by atoms with van der Waals surface area (Å²) in [5, 5.41) is 0. The number of ether oxygens (including phenoxy) is 4. The molecule has 5 nitrogen and oxygen atoms in total. The SMILES string of the molecule is O=C(c1cccc(CC2CO2)c1CC1CO1)c1cccc(CC2CO2)c1CC1CO1. The van der Waals surface area contributed by atoms with Gasteiger partial charge in [0.25, 0.3) is 0 Å². The molecular formula is C25H26O5. The van der Waals surface area contributed by atoms with E-state index in [1.165, 1.54) is 11.1 Å². The Morgan fingerprint density at radius 2 is 1.00 bits per heavy atom. The fourth-order valence-electron chi connectivity index (χ4n) is 4.39. The second-order valence-electron chi connectivity index (χ2n) is 8.85. The van der Waals surface area contributed by atoms with Crippen molar-refractivity contribution in [3.63, 3.8) is 0 Å². The summed E-state index contributed by atoms with van der Waals surface area (Å²) < 4.78 is 21.9. The molecule has 4 atom stereocenters. The third-order valence-corrected chi connectivity index (χ3v) is 6.40. The van der Waals surface area contributed by atoms with Crippen molar-refractivity contribution in [1.29, 1.82) is 0 Å². The molecule has 2 aromatic rings. The zero-order chi connectivity index (χ0) is 20.1. The maximum absolute atomic E-state index is 13.9. The van der Waals surface area contributed by atoms with E-state index in [4.69, 9.17) is 18.9 Å². The number of hydrogen-bond donors (Lipinski definition) is 0. The number of benzene rings is 2. The molecule has 0 radical (unpaired) electrons. The summed E-state index contributed by atoms with van der Waals surface area (Å²) in [4.78, 5) is 13.9. The van der Waals surface area contributed by atoms with Crippen molar-refractivity contribution in [1.82, 2.24) is 0 Å². The molecule has 4 saturated heterocycles. The van der Waals surface area contributed by atoms with Gasteiger partial charge in [-0.25, -0.2) is 0 Å². The first kappa shape index (κ1) is 18.7. The van der Waals surface area contributed by atoms with Gasteiger partial charge in [0.15, 0.2) is 5.78 Å². The van der Waals surface area contributed by atoms with Crippen molar-refractivity contribution < 1.29 is 23.7 Å². The molecule has 2 aromatic carbocycles. The molecule has 0 amide bonds. The Morgan fingerprint density at radius 3 is 1.37 bits per heavy atom. The minimum Gasteiger partial charge on any atom is -0.373 e. The van der Waals surface area contributed by atoms with E-state index in [2.05, 4.69) is 12.1 Å². The van der Waals surface area contributed by atoms with E-state index in [-0.39, 0.29) is 18.0 Å². The van der Waals surface area contributed by atoms with Crippen molar-refractivity contribution in [3.8, 4) is 0 Å². The lowest BCUT2D eigenvalue weighted by Crippen LogP contribution is -2.15. The molecule has 4 fully saturated rings. The second-order valence-corrected chi connectivity index (χ2v) is 8.85. The third kappa shape index (κ3) is 4.21. The van der Waals surface area contributed by atoms with E-state index in [1.54, 1.807) is 0 Å². The third-order valence-electron chi connectivity index (χ3n) is 6.40. The van der Waals surface area contributed by atoms with Crippen molar-refractivity contribution in [2.45, 2.75) is 50.1 Å². The van der Waals surface area contributed by atoms with Crippen molar-refractivity contribution >= 4 is 5.78 Å². The number of ketones is 1. The van der Waals surface area contributed by atoms with Crippen LogP contribution in [0.4, 0.5) is 0 Å². The highest BCUT2D eigenvalue weighted by Gasteiger charge is 2.32. The minimum atomic E-state index is 0.110. The van der Waals surface area contributed by atoms with Crippen molar-refractivity contribution in [3.05, 3.63) is 69.8 Å². The Morgan fingerprint density at radius 1 is 0.633 bits per heavy atom. The molecule has 0 saturated carbocycles. The van der Waals surface area contributed by atoms with Crippen LogP contribution in [0, 0.1) is 0 Å². The summed E-state index contributed by atoms with van der Waals surface area (Å²) >= 11 is 0. The van der Waals surface area contributed by atoms with E-state index in [0.717, 1.165) is 74.4 Å². The van der Waals surface area contributed by atoms with E-state index < -0.39 is 0 Å². The predicted octanol–water partition coefficient (Wildman–Crippen LogP) is 2.68. The molecule has 4 heterocycles. The number of rotatable bonds is 10. The van der Waals surface area contributed by atoms with Crippen LogP contribution in [0.25, 0.3) is 0 Å². The van der Waals surface area contributed by atoms with Crippen LogP contribution in [0.15, 0.2) is 36.4 Å². The molecule has 0 spiro atoms. The Balaban J connectivity index is 1.38. The molecule has 4 aliphatic heterocycles. The molecule has 0 aliphatic carbocycles. The summed E-state index contributed by atoms with van der Waals surface area (Å²) in [6, 6.07) is 12.2. The van der Waals surface area contributed by atoms with Gasteiger partial charge in [0.1, 0.15) is 0 Å². The minimum absolute atomic E-state index is 0.110. The molecule has 0 N–H and O–H groups in total. The highest BCUT2D eigenvalue weighted by molar-refractivity contribution is 6.11. The van der Waals surface area contributed by atoms with E-state index in [9.17, 15) is 4.79 Å². The lowest BCUT2D eigenvalue weighted by Gasteiger charge is -2.17. The van der Waals surface area contributed by atoms with Crippen molar-refractivity contribution in [2.75, 3.05) is 26.4 Å². The first-order chi connectivity index (χ1) is 14.7. The lowest BCUT2D eigenvalue weighted by molar-refractivity contribution is 0.103. The topological polar surface area (TPSA) is 67.2 Å².